The van der Waals surface area contributed by atoms with E-state index < -0.39 is 18.0 Å². The number of benzene rings is 2. The zero-order valence-corrected chi connectivity index (χ0v) is 16.8. The first kappa shape index (κ1) is 20.1. The second kappa shape index (κ2) is 8.18. The Morgan fingerprint density at radius 2 is 1.76 bits per heavy atom. The van der Waals surface area contributed by atoms with Crippen LogP contribution in [0.3, 0.4) is 0 Å². The first-order valence-corrected chi connectivity index (χ1v) is 9.23. The molecule has 7 heteroatoms. The number of esters is 1. The first-order valence-electron chi connectivity index (χ1n) is 9.23. The summed E-state index contributed by atoms with van der Waals surface area (Å²) < 4.78 is 6.78. The summed E-state index contributed by atoms with van der Waals surface area (Å²) in [5, 5.41) is 2.78. The summed E-state index contributed by atoms with van der Waals surface area (Å²) in [6, 6.07) is 12.1. The third-order valence-electron chi connectivity index (χ3n) is 4.61. The van der Waals surface area contributed by atoms with Crippen molar-refractivity contribution in [3.8, 4) is 5.69 Å². The number of carbonyl (C=O) groups excluding carboxylic acids is 2. The maximum Gasteiger partial charge on any atom is 0.338 e. The summed E-state index contributed by atoms with van der Waals surface area (Å²) in [5.74, 6) is -1.02. The molecule has 7 nitrogen and oxygen atoms in total. The molecule has 3 aromatic rings. The van der Waals surface area contributed by atoms with E-state index in [-0.39, 0.29) is 5.69 Å². The Morgan fingerprint density at radius 1 is 1.07 bits per heavy atom. The van der Waals surface area contributed by atoms with E-state index in [1.807, 2.05) is 32.0 Å². The number of imidazole rings is 1. The molecule has 1 unspecified atom stereocenters. The van der Waals surface area contributed by atoms with Gasteiger partial charge in [-0.2, -0.15) is 0 Å². The number of ether oxygens (including phenoxy) is 1. The average Bonchev–Trinajstić information content (AvgIpc) is 3.02. The van der Waals surface area contributed by atoms with Crippen molar-refractivity contribution in [1.29, 1.82) is 0 Å². The minimum Gasteiger partial charge on any atom is -0.449 e. The van der Waals surface area contributed by atoms with Crippen LogP contribution in [0.1, 0.15) is 34.1 Å². The van der Waals surface area contributed by atoms with Crippen LogP contribution in [-0.4, -0.2) is 27.5 Å². The van der Waals surface area contributed by atoms with Crippen LogP contribution in [0.15, 0.2) is 53.5 Å². The second-order valence-electron chi connectivity index (χ2n) is 6.97. The van der Waals surface area contributed by atoms with E-state index in [1.54, 1.807) is 37.4 Å². The largest absolute Gasteiger partial charge is 0.449 e. The Hall–Kier alpha value is -3.61. The van der Waals surface area contributed by atoms with Gasteiger partial charge in [0.15, 0.2) is 6.10 Å². The van der Waals surface area contributed by atoms with E-state index in [4.69, 9.17) is 4.74 Å². The monoisotopic (exact) mass is 393 g/mol. The molecule has 0 fully saturated rings. The normalized spacial score (nSPS) is 11.7. The Bertz CT molecular complexity index is 1110. The van der Waals surface area contributed by atoms with E-state index >= 15 is 0 Å². The molecule has 2 N–H and O–H groups in total. The molecule has 1 aromatic heterocycles. The van der Waals surface area contributed by atoms with Gasteiger partial charge < -0.3 is 15.0 Å². The van der Waals surface area contributed by atoms with Gasteiger partial charge in [-0.05, 0) is 63.6 Å². The number of aryl methyl sites for hydroxylation is 3. The van der Waals surface area contributed by atoms with Gasteiger partial charge in [0, 0.05) is 17.6 Å². The molecule has 29 heavy (non-hydrogen) atoms. The highest BCUT2D eigenvalue weighted by atomic mass is 16.5. The predicted octanol–water partition coefficient (Wildman–Crippen LogP) is 3.27. The maximum atomic E-state index is 12.4. The van der Waals surface area contributed by atoms with Gasteiger partial charge in [-0.25, -0.2) is 9.59 Å². The Kier molecular flexibility index (Phi) is 5.68. The van der Waals surface area contributed by atoms with Crippen LogP contribution < -0.4 is 11.0 Å². The number of rotatable bonds is 5. The number of nitrogens with one attached hydrogen (secondary N) is 2. The molecule has 0 bridgehead atoms. The van der Waals surface area contributed by atoms with Crippen LogP contribution in [0.25, 0.3) is 5.69 Å². The van der Waals surface area contributed by atoms with Gasteiger partial charge >= 0.3 is 11.7 Å². The second-order valence-corrected chi connectivity index (χ2v) is 6.97. The van der Waals surface area contributed by atoms with Crippen LogP contribution in [0.4, 0.5) is 5.69 Å². The van der Waals surface area contributed by atoms with E-state index in [2.05, 4.69) is 10.3 Å². The molecule has 3 rings (SSSR count). The number of amides is 1. The summed E-state index contributed by atoms with van der Waals surface area (Å²) >= 11 is 0. The van der Waals surface area contributed by atoms with Crippen molar-refractivity contribution in [3.05, 3.63) is 81.5 Å². The lowest BCUT2D eigenvalue weighted by molar-refractivity contribution is -0.123. The number of aromatic amines is 1. The minimum absolute atomic E-state index is 0.255. The van der Waals surface area contributed by atoms with E-state index in [1.165, 1.54) is 11.5 Å². The molecular weight excluding hydrogens is 370 g/mol. The highest BCUT2D eigenvalue weighted by Crippen LogP contribution is 2.17. The molecule has 0 saturated carbocycles. The molecule has 1 heterocycles. The maximum absolute atomic E-state index is 12.4. The minimum atomic E-state index is -0.961. The van der Waals surface area contributed by atoms with Crippen LogP contribution in [0.2, 0.25) is 0 Å². The van der Waals surface area contributed by atoms with Crippen molar-refractivity contribution in [2.75, 3.05) is 5.32 Å². The highest BCUT2D eigenvalue weighted by molar-refractivity contribution is 5.97. The standard InChI is InChI=1S/C22H23N3O4/c1-13-5-10-19(14(2)11-13)24-20(26)16(4)29-21(27)17-6-8-18(9-7-17)25-15(3)12-23-22(25)28/h5-12,16H,1-4H3,(H,23,28)(H,24,26). The Balaban J connectivity index is 1.66. The van der Waals surface area contributed by atoms with Crippen molar-refractivity contribution in [3.63, 3.8) is 0 Å². The Labute approximate surface area is 168 Å². The van der Waals surface area contributed by atoms with Gasteiger partial charge in [0.25, 0.3) is 5.91 Å². The number of nitrogens with zero attached hydrogens (tertiary/aromatic N) is 1. The molecule has 0 aliphatic rings. The number of hydrogen-bond acceptors (Lipinski definition) is 4. The zero-order valence-electron chi connectivity index (χ0n) is 16.8. The summed E-state index contributed by atoms with van der Waals surface area (Å²) in [4.78, 5) is 39.2. The van der Waals surface area contributed by atoms with Gasteiger partial charge in [-0.3, -0.25) is 9.36 Å². The summed E-state index contributed by atoms with van der Waals surface area (Å²) in [7, 11) is 0. The van der Waals surface area contributed by atoms with Crippen molar-refractivity contribution >= 4 is 17.6 Å². The molecule has 150 valence electrons. The van der Waals surface area contributed by atoms with Crippen molar-refractivity contribution in [2.24, 2.45) is 0 Å². The number of H-pyrrole nitrogens is 1. The lowest BCUT2D eigenvalue weighted by Crippen LogP contribution is -2.30. The number of hydrogen-bond donors (Lipinski definition) is 2. The van der Waals surface area contributed by atoms with E-state index in [0.717, 1.165) is 16.8 Å². The lowest BCUT2D eigenvalue weighted by Gasteiger charge is -2.15. The molecular formula is C22H23N3O4. The quantitative estimate of drug-likeness (QED) is 0.651. The molecule has 0 spiro atoms. The van der Waals surface area contributed by atoms with Crippen molar-refractivity contribution < 1.29 is 14.3 Å². The average molecular weight is 393 g/mol. The van der Waals surface area contributed by atoms with Gasteiger partial charge in [0.05, 0.1) is 11.3 Å². The van der Waals surface area contributed by atoms with Gasteiger partial charge in [-0.15, -0.1) is 0 Å². The third-order valence-corrected chi connectivity index (χ3v) is 4.61. The Morgan fingerprint density at radius 3 is 2.34 bits per heavy atom. The fraction of sp³-hybridized carbons (Fsp3) is 0.227. The van der Waals surface area contributed by atoms with E-state index in [0.29, 0.717) is 16.9 Å². The van der Waals surface area contributed by atoms with Gasteiger partial charge in [0.2, 0.25) is 0 Å². The highest BCUT2D eigenvalue weighted by Gasteiger charge is 2.20. The zero-order chi connectivity index (χ0) is 21.1. The number of carbonyl (C=O) groups is 2. The first-order chi connectivity index (χ1) is 13.8. The molecule has 1 atom stereocenters. The predicted molar refractivity (Wildman–Crippen MR) is 111 cm³/mol. The SMILES string of the molecule is Cc1ccc(NC(=O)C(C)OC(=O)c2ccc(-n3c(C)c[nH]c3=O)cc2)c(C)c1. The van der Waals surface area contributed by atoms with Gasteiger partial charge in [-0.1, -0.05) is 17.7 Å². The smallest absolute Gasteiger partial charge is 0.338 e. The van der Waals surface area contributed by atoms with Crippen LogP contribution >= 0.6 is 0 Å². The van der Waals surface area contributed by atoms with Crippen molar-refractivity contribution in [1.82, 2.24) is 9.55 Å². The number of anilines is 1. The molecule has 0 aliphatic carbocycles. The summed E-state index contributed by atoms with van der Waals surface area (Å²) in [6.07, 6.45) is 0.651. The number of aromatic nitrogens is 2. The molecule has 2 aromatic carbocycles. The molecule has 1 amide bonds. The third kappa shape index (κ3) is 4.45. The van der Waals surface area contributed by atoms with Crippen LogP contribution in [0, 0.1) is 20.8 Å². The molecule has 0 aliphatic heterocycles. The topological polar surface area (TPSA) is 93.2 Å². The van der Waals surface area contributed by atoms with Crippen LogP contribution in [0.5, 0.6) is 0 Å². The summed E-state index contributed by atoms with van der Waals surface area (Å²) in [5.41, 5.74) is 4.13. The van der Waals surface area contributed by atoms with Crippen LogP contribution in [-0.2, 0) is 9.53 Å². The summed E-state index contributed by atoms with van der Waals surface area (Å²) in [6.45, 7) is 7.20. The van der Waals surface area contributed by atoms with E-state index in [9.17, 15) is 14.4 Å². The molecule has 0 saturated heterocycles. The lowest BCUT2D eigenvalue weighted by atomic mass is 10.1. The van der Waals surface area contributed by atoms with Gasteiger partial charge in [0.1, 0.15) is 0 Å². The van der Waals surface area contributed by atoms with Crippen molar-refractivity contribution in [2.45, 2.75) is 33.8 Å². The fourth-order valence-corrected chi connectivity index (χ4v) is 2.99. The fourth-order valence-electron chi connectivity index (χ4n) is 2.99. The molecule has 0 radical (unpaired) electrons.